The Bertz CT molecular complexity index is 779. The lowest BCUT2D eigenvalue weighted by Gasteiger charge is -2.51. The van der Waals surface area contributed by atoms with E-state index in [0.717, 1.165) is 17.9 Å². The van der Waals surface area contributed by atoms with Crippen molar-refractivity contribution in [3.05, 3.63) is 59.7 Å². The van der Waals surface area contributed by atoms with Crippen LogP contribution in [0.5, 0.6) is 5.75 Å². The normalized spacial score (nSPS) is 21.6. The van der Waals surface area contributed by atoms with Crippen molar-refractivity contribution in [2.45, 2.75) is 52.0 Å². The summed E-state index contributed by atoms with van der Waals surface area (Å²) in [6.07, 6.45) is 0.866. The molecule has 0 unspecified atom stereocenters. The van der Waals surface area contributed by atoms with Crippen molar-refractivity contribution in [3.8, 4) is 5.75 Å². The first kappa shape index (κ1) is 17.5. The minimum absolute atomic E-state index is 0.0891. The van der Waals surface area contributed by atoms with Crippen LogP contribution in [-0.2, 0) is 10.2 Å². The number of hydrogen-bond donors (Lipinski definition) is 0. The summed E-state index contributed by atoms with van der Waals surface area (Å²) in [5.41, 5.74) is 3.06. The Morgan fingerprint density at radius 3 is 2.32 bits per heavy atom. The summed E-state index contributed by atoms with van der Waals surface area (Å²) in [5.74, 6) is 0.981. The molecule has 1 aliphatic heterocycles. The number of hydrogen-bond acceptors (Lipinski definition) is 2. The predicted octanol–water partition coefficient (Wildman–Crippen LogP) is 4.93. The van der Waals surface area contributed by atoms with Gasteiger partial charge in [0.05, 0.1) is 6.61 Å². The molecule has 3 rings (SSSR count). The second-order valence-corrected chi connectivity index (χ2v) is 7.65. The molecule has 1 aliphatic rings. The summed E-state index contributed by atoms with van der Waals surface area (Å²) in [4.78, 5) is 14.3. The van der Waals surface area contributed by atoms with Gasteiger partial charge in [-0.3, -0.25) is 4.79 Å². The molecule has 25 heavy (non-hydrogen) atoms. The zero-order chi connectivity index (χ0) is 18.2. The Morgan fingerprint density at radius 1 is 1.08 bits per heavy atom. The second kappa shape index (κ2) is 6.21. The molecule has 0 radical (unpaired) electrons. The van der Waals surface area contributed by atoms with Gasteiger partial charge in [0, 0.05) is 23.6 Å². The molecule has 3 heteroatoms. The molecule has 0 fully saturated rings. The van der Waals surface area contributed by atoms with E-state index in [1.807, 2.05) is 30.0 Å². The highest BCUT2D eigenvalue weighted by molar-refractivity contribution is 5.95. The summed E-state index contributed by atoms with van der Waals surface area (Å²) in [7, 11) is 0. The SMILES string of the molecule is CCOc1ccc([C@@]2(C)CC(C)(C)N(C(C)=O)c3ccccc32)cc1. The average molecular weight is 337 g/mol. The van der Waals surface area contributed by atoms with E-state index in [-0.39, 0.29) is 16.9 Å². The van der Waals surface area contributed by atoms with E-state index in [1.54, 1.807) is 6.92 Å². The van der Waals surface area contributed by atoms with Crippen LogP contribution in [0.2, 0.25) is 0 Å². The van der Waals surface area contributed by atoms with E-state index in [2.05, 4.69) is 51.1 Å². The van der Waals surface area contributed by atoms with E-state index >= 15 is 0 Å². The Hall–Kier alpha value is -2.29. The molecule has 1 amide bonds. The van der Waals surface area contributed by atoms with Crippen LogP contribution in [-0.4, -0.2) is 18.1 Å². The Morgan fingerprint density at radius 2 is 1.72 bits per heavy atom. The fraction of sp³-hybridized carbons (Fsp3) is 0.409. The molecular weight excluding hydrogens is 310 g/mol. The lowest BCUT2D eigenvalue weighted by Crippen LogP contribution is -2.55. The Kier molecular flexibility index (Phi) is 4.36. The summed E-state index contributed by atoms with van der Waals surface area (Å²) in [5, 5.41) is 0. The number of nitrogens with zero attached hydrogens (tertiary/aromatic N) is 1. The zero-order valence-electron chi connectivity index (χ0n) is 15.8. The molecule has 3 nitrogen and oxygen atoms in total. The monoisotopic (exact) mass is 337 g/mol. The van der Waals surface area contributed by atoms with E-state index in [9.17, 15) is 4.79 Å². The minimum atomic E-state index is -0.256. The van der Waals surface area contributed by atoms with Gasteiger partial charge in [-0.15, -0.1) is 0 Å². The van der Waals surface area contributed by atoms with Gasteiger partial charge in [0.15, 0.2) is 0 Å². The van der Waals surface area contributed by atoms with E-state index in [0.29, 0.717) is 6.61 Å². The van der Waals surface area contributed by atoms with Gasteiger partial charge in [-0.1, -0.05) is 37.3 Å². The highest BCUT2D eigenvalue weighted by Gasteiger charge is 2.46. The first-order valence-corrected chi connectivity index (χ1v) is 8.93. The van der Waals surface area contributed by atoms with Crippen molar-refractivity contribution in [2.24, 2.45) is 0 Å². The number of fused-ring (bicyclic) bond motifs is 1. The summed E-state index contributed by atoms with van der Waals surface area (Å²) in [6, 6.07) is 16.7. The third-order valence-corrected chi connectivity index (χ3v) is 5.25. The minimum Gasteiger partial charge on any atom is -0.494 e. The largest absolute Gasteiger partial charge is 0.494 e. The molecule has 0 saturated carbocycles. The topological polar surface area (TPSA) is 29.5 Å². The summed E-state index contributed by atoms with van der Waals surface area (Å²) in [6.45, 7) is 10.9. The lowest BCUT2D eigenvalue weighted by atomic mass is 9.65. The smallest absolute Gasteiger partial charge is 0.224 e. The van der Waals surface area contributed by atoms with Gasteiger partial charge in [-0.05, 0) is 56.5 Å². The van der Waals surface area contributed by atoms with Gasteiger partial charge in [0.1, 0.15) is 5.75 Å². The molecule has 0 aliphatic carbocycles. The molecule has 0 bridgehead atoms. The van der Waals surface area contributed by atoms with Crippen LogP contribution in [0.1, 0.15) is 52.2 Å². The van der Waals surface area contributed by atoms with Gasteiger partial charge in [0.25, 0.3) is 0 Å². The standard InChI is InChI=1S/C22H27NO2/c1-6-25-18-13-11-17(12-14-18)22(5)15-21(3,4)23(16(2)24)20-10-8-7-9-19(20)22/h7-14H,6,15H2,1-5H3/t22-/m1/s1. The van der Waals surface area contributed by atoms with Crippen molar-refractivity contribution < 1.29 is 9.53 Å². The van der Waals surface area contributed by atoms with Crippen LogP contribution in [0.4, 0.5) is 5.69 Å². The van der Waals surface area contributed by atoms with Gasteiger partial charge >= 0.3 is 0 Å². The maximum Gasteiger partial charge on any atom is 0.224 e. The third kappa shape index (κ3) is 2.92. The first-order valence-electron chi connectivity index (χ1n) is 8.93. The van der Waals surface area contributed by atoms with E-state index in [4.69, 9.17) is 4.74 Å². The molecule has 0 aromatic heterocycles. The number of amides is 1. The molecule has 0 saturated heterocycles. The lowest BCUT2D eigenvalue weighted by molar-refractivity contribution is -0.117. The maximum atomic E-state index is 12.4. The van der Waals surface area contributed by atoms with Gasteiger partial charge < -0.3 is 9.64 Å². The average Bonchev–Trinajstić information content (AvgIpc) is 2.54. The quantitative estimate of drug-likeness (QED) is 0.795. The number of anilines is 1. The van der Waals surface area contributed by atoms with E-state index < -0.39 is 0 Å². The molecule has 1 atom stereocenters. The molecule has 2 aromatic rings. The van der Waals surface area contributed by atoms with Gasteiger partial charge in [-0.25, -0.2) is 0 Å². The van der Waals surface area contributed by atoms with Gasteiger partial charge in [-0.2, -0.15) is 0 Å². The molecule has 0 spiro atoms. The van der Waals surface area contributed by atoms with Crippen LogP contribution >= 0.6 is 0 Å². The fourth-order valence-corrected chi connectivity index (χ4v) is 4.44. The van der Waals surface area contributed by atoms with Crippen molar-refractivity contribution >= 4 is 11.6 Å². The van der Waals surface area contributed by atoms with E-state index in [1.165, 1.54) is 11.1 Å². The Labute approximate surface area is 150 Å². The fourth-order valence-electron chi connectivity index (χ4n) is 4.44. The maximum absolute atomic E-state index is 12.4. The highest BCUT2D eigenvalue weighted by Crippen LogP contribution is 2.50. The van der Waals surface area contributed by atoms with Crippen LogP contribution in [0.3, 0.4) is 0 Å². The van der Waals surface area contributed by atoms with Crippen molar-refractivity contribution in [1.82, 2.24) is 0 Å². The first-order chi connectivity index (χ1) is 11.8. The third-order valence-electron chi connectivity index (χ3n) is 5.25. The predicted molar refractivity (Wildman–Crippen MR) is 102 cm³/mol. The van der Waals surface area contributed by atoms with Crippen LogP contribution in [0.25, 0.3) is 0 Å². The number of benzene rings is 2. The molecular formula is C22H27NO2. The van der Waals surface area contributed by atoms with Crippen molar-refractivity contribution in [2.75, 3.05) is 11.5 Å². The van der Waals surface area contributed by atoms with Crippen LogP contribution < -0.4 is 9.64 Å². The summed E-state index contributed by atoms with van der Waals surface area (Å²) < 4.78 is 5.59. The number of rotatable bonds is 3. The zero-order valence-corrected chi connectivity index (χ0v) is 15.8. The Balaban J connectivity index is 2.15. The molecule has 132 valence electrons. The number of carbonyl (C=O) groups excluding carboxylic acids is 1. The summed E-state index contributed by atoms with van der Waals surface area (Å²) >= 11 is 0. The second-order valence-electron chi connectivity index (χ2n) is 7.65. The van der Waals surface area contributed by atoms with Gasteiger partial charge in [0.2, 0.25) is 5.91 Å². The number of para-hydroxylation sites is 1. The van der Waals surface area contributed by atoms with Crippen LogP contribution in [0.15, 0.2) is 48.5 Å². The van der Waals surface area contributed by atoms with Crippen molar-refractivity contribution in [3.63, 3.8) is 0 Å². The molecule has 1 heterocycles. The number of ether oxygens (including phenoxy) is 1. The molecule has 0 N–H and O–H groups in total. The highest BCUT2D eigenvalue weighted by atomic mass is 16.5. The van der Waals surface area contributed by atoms with Crippen molar-refractivity contribution in [1.29, 1.82) is 0 Å². The number of carbonyl (C=O) groups is 1. The van der Waals surface area contributed by atoms with Crippen LogP contribution in [0, 0.1) is 0 Å². The molecule has 2 aromatic carbocycles.